The standard InChI is InChI=1S/C17H21N3O2S/c1-19(2)14-9-20(10-15(14)23-3)17(22)12-8-16(21)18-13-7-5-4-6-11(12)13/h4-8,14-15H,9-10H2,1-3H3,(H,18,21)/t14-,15+/m0/s1. The van der Waals surface area contributed by atoms with Crippen LogP contribution in [0.25, 0.3) is 10.9 Å². The van der Waals surface area contributed by atoms with Crippen molar-refractivity contribution in [3.63, 3.8) is 0 Å². The lowest BCUT2D eigenvalue weighted by molar-refractivity contribution is 0.0785. The maximum atomic E-state index is 13.0. The number of hydrogen-bond donors (Lipinski definition) is 1. The van der Waals surface area contributed by atoms with Gasteiger partial charge in [-0.15, -0.1) is 0 Å². The number of carbonyl (C=O) groups is 1. The van der Waals surface area contributed by atoms with Gasteiger partial charge in [-0.1, -0.05) is 18.2 Å². The molecule has 2 aromatic rings. The third-order valence-corrected chi connectivity index (χ3v) is 5.54. The summed E-state index contributed by atoms with van der Waals surface area (Å²) < 4.78 is 0. The maximum Gasteiger partial charge on any atom is 0.254 e. The fraction of sp³-hybridized carbons (Fsp3) is 0.412. The smallest absolute Gasteiger partial charge is 0.254 e. The molecule has 1 amide bonds. The number of carbonyl (C=O) groups excluding carboxylic acids is 1. The number of hydrogen-bond acceptors (Lipinski definition) is 4. The average Bonchev–Trinajstić information content (AvgIpc) is 2.98. The van der Waals surface area contributed by atoms with Crippen LogP contribution in [-0.4, -0.2) is 65.4 Å². The number of likely N-dealkylation sites (N-methyl/N-ethyl adjacent to an activating group) is 1. The highest BCUT2D eigenvalue weighted by molar-refractivity contribution is 7.99. The third-order valence-electron chi connectivity index (χ3n) is 4.47. The van der Waals surface area contributed by atoms with Gasteiger partial charge in [0.1, 0.15) is 0 Å². The van der Waals surface area contributed by atoms with Crippen molar-refractivity contribution in [2.75, 3.05) is 33.4 Å². The van der Waals surface area contributed by atoms with Crippen LogP contribution in [0, 0.1) is 0 Å². The first-order valence-electron chi connectivity index (χ1n) is 7.62. The summed E-state index contributed by atoms with van der Waals surface area (Å²) in [5.41, 5.74) is 0.952. The van der Waals surface area contributed by atoms with Gasteiger partial charge < -0.3 is 14.8 Å². The number of amides is 1. The van der Waals surface area contributed by atoms with Gasteiger partial charge in [0.15, 0.2) is 0 Å². The van der Waals surface area contributed by atoms with E-state index in [-0.39, 0.29) is 11.5 Å². The molecule has 0 unspecified atom stereocenters. The monoisotopic (exact) mass is 331 g/mol. The van der Waals surface area contributed by atoms with E-state index in [2.05, 4.69) is 16.1 Å². The Kier molecular flexibility index (Phi) is 4.46. The van der Waals surface area contributed by atoms with Gasteiger partial charge in [0, 0.05) is 41.4 Å². The molecule has 0 radical (unpaired) electrons. The van der Waals surface area contributed by atoms with Gasteiger partial charge in [-0.2, -0.15) is 11.8 Å². The Balaban J connectivity index is 1.97. The summed E-state index contributed by atoms with van der Waals surface area (Å²) >= 11 is 1.79. The molecule has 2 heterocycles. The molecular weight excluding hydrogens is 310 g/mol. The highest BCUT2D eigenvalue weighted by Gasteiger charge is 2.36. The number of fused-ring (bicyclic) bond motifs is 1. The van der Waals surface area contributed by atoms with E-state index in [1.54, 1.807) is 11.8 Å². The molecular formula is C17H21N3O2S. The van der Waals surface area contributed by atoms with E-state index >= 15 is 0 Å². The second-order valence-corrected chi connectivity index (χ2v) is 7.18. The van der Waals surface area contributed by atoms with Gasteiger partial charge in [0.2, 0.25) is 5.56 Å². The highest BCUT2D eigenvalue weighted by Crippen LogP contribution is 2.26. The molecule has 5 nitrogen and oxygen atoms in total. The summed E-state index contributed by atoms with van der Waals surface area (Å²) in [5.74, 6) is -0.0595. The molecule has 2 atom stereocenters. The second kappa shape index (κ2) is 6.37. The topological polar surface area (TPSA) is 56.4 Å². The second-order valence-electron chi connectivity index (χ2n) is 6.11. The molecule has 3 rings (SSSR count). The molecule has 1 aromatic heterocycles. The Bertz CT molecular complexity index is 787. The summed E-state index contributed by atoms with van der Waals surface area (Å²) in [7, 11) is 4.09. The van der Waals surface area contributed by atoms with Gasteiger partial charge >= 0.3 is 0 Å². The Labute approximate surface area is 139 Å². The lowest BCUT2D eigenvalue weighted by atomic mass is 10.1. The SMILES string of the molecule is CS[C@@H]1CN(C(=O)c2cc(=O)[nH]c3ccccc23)C[C@@H]1N(C)C. The molecule has 0 spiro atoms. The van der Waals surface area contributed by atoms with Crippen molar-refractivity contribution in [3.8, 4) is 0 Å². The van der Waals surface area contributed by atoms with Gasteiger partial charge in [0.05, 0.1) is 5.56 Å². The Morgan fingerprint density at radius 1 is 1.30 bits per heavy atom. The minimum Gasteiger partial charge on any atom is -0.336 e. The third kappa shape index (κ3) is 3.01. The van der Waals surface area contributed by atoms with Crippen LogP contribution in [0.2, 0.25) is 0 Å². The van der Waals surface area contributed by atoms with Gasteiger partial charge in [-0.05, 0) is 26.4 Å². The van der Waals surface area contributed by atoms with Crippen molar-refractivity contribution < 1.29 is 4.79 Å². The fourth-order valence-electron chi connectivity index (χ4n) is 3.20. The van der Waals surface area contributed by atoms with E-state index in [0.717, 1.165) is 5.39 Å². The first kappa shape index (κ1) is 16.1. The molecule has 0 bridgehead atoms. The number of likely N-dealkylation sites (tertiary alicyclic amines) is 1. The number of aromatic amines is 1. The zero-order valence-electron chi connectivity index (χ0n) is 13.6. The lowest BCUT2D eigenvalue weighted by Gasteiger charge is -2.23. The predicted octanol–water partition coefficient (Wildman–Crippen LogP) is 1.65. The van der Waals surface area contributed by atoms with Gasteiger partial charge in [-0.3, -0.25) is 9.59 Å². The first-order chi connectivity index (χ1) is 11.0. The van der Waals surface area contributed by atoms with E-state index in [1.165, 1.54) is 6.07 Å². The van der Waals surface area contributed by atoms with Crippen LogP contribution >= 0.6 is 11.8 Å². The largest absolute Gasteiger partial charge is 0.336 e. The summed E-state index contributed by atoms with van der Waals surface area (Å²) in [6.45, 7) is 1.41. The number of H-pyrrole nitrogens is 1. The number of benzene rings is 1. The quantitative estimate of drug-likeness (QED) is 0.929. The molecule has 1 N–H and O–H groups in total. The van der Waals surface area contributed by atoms with Crippen molar-refractivity contribution in [1.82, 2.24) is 14.8 Å². The number of thioether (sulfide) groups is 1. The van der Waals surface area contributed by atoms with Gasteiger partial charge in [0.25, 0.3) is 5.91 Å². The van der Waals surface area contributed by atoms with Crippen molar-refractivity contribution in [2.45, 2.75) is 11.3 Å². The Morgan fingerprint density at radius 3 is 2.70 bits per heavy atom. The van der Waals surface area contributed by atoms with Crippen molar-refractivity contribution in [2.24, 2.45) is 0 Å². The van der Waals surface area contributed by atoms with E-state index in [4.69, 9.17) is 0 Å². The van der Waals surface area contributed by atoms with E-state index in [0.29, 0.717) is 35.5 Å². The number of nitrogens with one attached hydrogen (secondary N) is 1. The molecule has 1 fully saturated rings. The average molecular weight is 331 g/mol. The number of para-hydroxylation sites is 1. The number of pyridine rings is 1. The van der Waals surface area contributed by atoms with Crippen LogP contribution in [0.3, 0.4) is 0 Å². The maximum absolute atomic E-state index is 13.0. The van der Waals surface area contributed by atoms with Gasteiger partial charge in [-0.25, -0.2) is 0 Å². The lowest BCUT2D eigenvalue weighted by Crippen LogP contribution is -2.37. The van der Waals surface area contributed by atoms with Crippen LogP contribution < -0.4 is 5.56 Å². The van der Waals surface area contributed by atoms with Crippen molar-refractivity contribution in [3.05, 3.63) is 46.2 Å². The molecule has 6 heteroatoms. The minimum atomic E-state index is -0.239. The molecule has 1 aromatic carbocycles. The molecule has 0 aliphatic carbocycles. The van der Waals surface area contributed by atoms with Crippen LogP contribution in [0.4, 0.5) is 0 Å². The summed E-state index contributed by atoms with van der Waals surface area (Å²) in [5, 5.41) is 1.19. The summed E-state index contributed by atoms with van der Waals surface area (Å²) in [6.07, 6.45) is 2.08. The Morgan fingerprint density at radius 2 is 2.04 bits per heavy atom. The molecule has 1 aliphatic heterocycles. The van der Waals surface area contributed by atoms with Crippen LogP contribution in [-0.2, 0) is 0 Å². The number of aromatic nitrogens is 1. The van der Waals surface area contributed by atoms with Crippen molar-refractivity contribution in [1.29, 1.82) is 0 Å². The van der Waals surface area contributed by atoms with Crippen LogP contribution in [0.15, 0.2) is 35.1 Å². The molecule has 23 heavy (non-hydrogen) atoms. The summed E-state index contributed by atoms with van der Waals surface area (Å²) in [6, 6.07) is 9.20. The molecule has 1 saturated heterocycles. The van der Waals surface area contributed by atoms with E-state index in [9.17, 15) is 9.59 Å². The minimum absolute atomic E-state index is 0.0595. The zero-order valence-corrected chi connectivity index (χ0v) is 14.4. The highest BCUT2D eigenvalue weighted by atomic mass is 32.2. The van der Waals surface area contributed by atoms with E-state index in [1.807, 2.05) is 43.3 Å². The number of rotatable bonds is 3. The van der Waals surface area contributed by atoms with Crippen LogP contribution in [0.5, 0.6) is 0 Å². The van der Waals surface area contributed by atoms with Crippen LogP contribution in [0.1, 0.15) is 10.4 Å². The van der Waals surface area contributed by atoms with Crippen molar-refractivity contribution >= 4 is 28.6 Å². The summed E-state index contributed by atoms with van der Waals surface area (Å²) in [4.78, 5) is 31.7. The molecule has 122 valence electrons. The molecule has 1 aliphatic rings. The molecule has 0 saturated carbocycles. The normalized spacial score (nSPS) is 21.3. The predicted molar refractivity (Wildman–Crippen MR) is 95.3 cm³/mol. The van der Waals surface area contributed by atoms with E-state index < -0.39 is 0 Å². The fourth-order valence-corrected chi connectivity index (χ4v) is 4.17. The first-order valence-corrected chi connectivity index (χ1v) is 8.90. The number of nitrogens with zero attached hydrogens (tertiary/aromatic N) is 2. The zero-order chi connectivity index (χ0) is 16.6. The Hall–Kier alpha value is -1.79.